The quantitative estimate of drug-likeness (QED) is 0.0356. The number of carbonyl (C=O) groups excluding carboxylic acids is 3. The van der Waals surface area contributed by atoms with Crippen molar-refractivity contribution in [3.8, 4) is 0 Å². The van der Waals surface area contributed by atoms with E-state index in [2.05, 4.69) is 67.4 Å². The van der Waals surface area contributed by atoms with Crippen LogP contribution in [0.15, 0.2) is 48.6 Å². The fraction of sp³-hybridized carbons (Fsp3) is 0.780. The van der Waals surface area contributed by atoms with E-state index in [1.807, 2.05) is 0 Å². The van der Waals surface area contributed by atoms with E-state index in [0.717, 1.165) is 89.9 Å². The number of nitrogens with zero attached hydrogens (tertiary/aromatic N) is 2. The van der Waals surface area contributed by atoms with Crippen LogP contribution in [0.5, 0.6) is 0 Å². The summed E-state index contributed by atoms with van der Waals surface area (Å²) in [4.78, 5) is 42.3. The predicted octanol–water partition coefficient (Wildman–Crippen LogP) is 10.8. The number of aliphatic hydroxyl groups is 2. The zero-order chi connectivity index (χ0) is 42.9. The number of hydrogen-bond donors (Lipinski definition) is 2. The first-order valence-electron chi connectivity index (χ1n) is 24.1. The molecule has 0 bridgehead atoms. The van der Waals surface area contributed by atoms with Gasteiger partial charge in [0.15, 0.2) is 0 Å². The summed E-state index contributed by atoms with van der Waals surface area (Å²) < 4.78 is 11.1. The minimum Gasteiger partial charge on any atom is -0.464 e. The number of ether oxygens (including phenoxy) is 2. The van der Waals surface area contributed by atoms with Crippen molar-refractivity contribution in [2.75, 3.05) is 59.2 Å². The van der Waals surface area contributed by atoms with Gasteiger partial charge in [0.25, 0.3) is 0 Å². The molecule has 0 radical (unpaired) electrons. The highest BCUT2D eigenvalue weighted by atomic mass is 16.5. The Balaban J connectivity index is 2.36. The van der Waals surface area contributed by atoms with Gasteiger partial charge in [0, 0.05) is 39.1 Å². The van der Waals surface area contributed by atoms with E-state index >= 15 is 0 Å². The third-order valence-corrected chi connectivity index (χ3v) is 11.3. The number of allylic oxidation sites excluding steroid dienone is 8. The highest BCUT2D eigenvalue weighted by Crippen LogP contribution is 2.28. The van der Waals surface area contributed by atoms with Crippen molar-refractivity contribution in [3.63, 3.8) is 0 Å². The third kappa shape index (κ3) is 32.7. The molecule has 340 valence electrons. The number of rotatable bonds is 40. The first kappa shape index (κ1) is 54.3. The Labute approximate surface area is 361 Å². The normalized spacial score (nSPS) is 16.1. The first-order valence-corrected chi connectivity index (χ1v) is 24.1. The molecule has 1 saturated heterocycles. The largest absolute Gasteiger partial charge is 0.464 e. The molecule has 1 fully saturated rings. The van der Waals surface area contributed by atoms with Crippen LogP contribution >= 0.6 is 0 Å². The number of likely N-dealkylation sites (tertiary alicyclic amines) is 1. The van der Waals surface area contributed by atoms with Gasteiger partial charge < -0.3 is 24.6 Å². The van der Waals surface area contributed by atoms with Gasteiger partial charge in [-0.2, -0.15) is 0 Å². The molecule has 0 saturated carbocycles. The Morgan fingerprint density at radius 2 is 0.915 bits per heavy atom. The molecule has 0 spiro atoms. The smallest absolute Gasteiger partial charge is 0.305 e. The van der Waals surface area contributed by atoms with Crippen molar-refractivity contribution in [3.05, 3.63) is 48.6 Å². The van der Waals surface area contributed by atoms with Gasteiger partial charge in [-0.25, -0.2) is 0 Å². The van der Waals surface area contributed by atoms with Crippen LogP contribution in [0, 0.1) is 11.8 Å². The van der Waals surface area contributed by atoms with Gasteiger partial charge in [0.2, 0.25) is 5.91 Å². The number of carbonyl (C=O) groups is 3. The maximum absolute atomic E-state index is 13.5. The van der Waals surface area contributed by atoms with Crippen molar-refractivity contribution in [2.24, 2.45) is 11.8 Å². The molecule has 0 unspecified atom stereocenters. The van der Waals surface area contributed by atoms with E-state index in [9.17, 15) is 24.6 Å². The number of hydrogen-bond acceptors (Lipinski definition) is 8. The molecule has 1 rings (SSSR count). The number of aliphatic hydroxyl groups excluding tert-OH is 2. The fourth-order valence-corrected chi connectivity index (χ4v) is 7.65. The summed E-state index contributed by atoms with van der Waals surface area (Å²) in [6, 6.07) is 0. The summed E-state index contributed by atoms with van der Waals surface area (Å²) in [5, 5.41) is 19.1. The summed E-state index contributed by atoms with van der Waals surface area (Å²) >= 11 is 0. The Morgan fingerprint density at radius 3 is 1.31 bits per heavy atom. The molecule has 1 heterocycles. The molecule has 0 aromatic carbocycles. The van der Waals surface area contributed by atoms with Crippen molar-refractivity contribution >= 4 is 17.8 Å². The second-order valence-corrected chi connectivity index (χ2v) is 16.5. The van der Waals surface area contributed by atoms with Crippen LogP contribution < -0.4 is 0 Å². The topological polar surface area (TPSA) is 117 Å². The van der Waals surface area contributed by atoms with Gasteiger partial charge in [0.1, 0.15) is 13.2 Å². The molecule has 9 nitrogen and oxygen atoms in total. The van der Waals surface area contributed by atoms with Crippen molar-refractivity contribution in [2.45, 2.75) is 181 Å². The SMILES string of the molecule is CCCCC/C=C\C/C=C\CCCCCCCC(=O)OCCN(CCOC(=O)CCCCCCC/C=C\C/C=C\CCCCC)C(=O)CN1C[C@@H](CCO)[C@@H](CCO)C1. The number of amides is 1. The zero-order valence-electron chi connectivity index (χ0n) is 37.9. The van der Waals surface area contributed by atoms with E-state index in [1.165, 1.54) is 51.4 Å². The molecule has 0 aromatic heterocycles. The average Bonchev–Trinajstić information content (AvgIpc) is 3.60. The molecular weight excluding hydrogens is 741 g/mol. The molecule has 9 heteroatoms. The van der Waals surface area contributed by atoms with Crippen LogP contribution in [0.25, 0.3) is 0 Å². The number of unbranched alkanes of at least 4 members (excludes halogenated alkanes) is 16. The van der Waals surface area contributed by atoms with E-state index < -0.39 is 0 Å². The van der Waals surface area contributed by atoms with Crippen LogP contribution in [0.3, 0.4) is 0 Å². The maximum Gasteiger partial charge on any atom is 0.305 e. The molecular formula is C50H88N2O7. The molecule has 1 aliphatic rings. The predicted molar refractivity (Wildman–Crippen MR) is 244 cm³/mol. The highest BCUT2D eigenvalue weighted by molar-refractivity contribution is 5.78. The van der Waals surface area contributed by atoms with Gasteiger partial charge >= 0.3 is 11.9 Å². The molecule has 0 aliphatic carbocycles. The average molecular weight is 829 g/mol. The number of esters is 2. The Bertz CT molecular complexity index is 1060. The second-order valence-electron chi connectivity index (χ2n) is 16.5. The molecule has 2 atom stereocenters. The molecule has 1 aliphatic heterocycles. The van der Waals surface area contributed by atoms with E-state index in [0.29, 0.717) is 38.8 Å². The van der Waals surface area contributed by atoms with Crippen molar-refractivity contribution in [1.29, 1.82) is 0 Å². The van der Waals surface area contributed by atoms with Gasteiger partial charge in [-0.15, -0.1) is 0 Å². The lowest BCUT2D eigenvalue weighted by molar-refractivity contribution is -0.148. The van der Waals surface area contributed by atoms with Crippen molar-refractivity contribution < 1.29 is 34.1 Å². The van der Waals surface area contributed by atoms with E-state index in [1.54, 1.807) is 4.90 Å². The third-order valence-electron chi connectivity index (χ3n) is 11.3. The lowest BCUT2D eigenvalue weighted by Gasteiger charge is -2.25. The minimum absolute atomic E-state index is 0.0849. The van der Waals surface area contributed by atoms with Crippen LogP contribution in [0.1, 0.15) is 181 Å². The summed E-state index contributed by atoms with van der Waals surface area (Å²) in [5.41, 5.74) is 0. The first-order chi connectivity index (χ1) is 28.9. The Morgan fingerprint density at radius 1 is 0.542 bits per heavy atom. The molecule has 1 amide bonds. The second kappa shape index (κ2) is 40.6. The standard InChI is InChI=1S/C50H88N2O7/c1-3-5-7-9-11-13-15-17-19-21-23-25-27-29-31-33-49(56)58-41-37-52(48(55)45-51-43-46(35-39-53)47(44-51)36-40-54)38-42-59-50(57)34-32-30-28-26-24-22-20-18-16-14-12-10-8-6-4-2/h11-14,17-20,46-47,53-54H,3-10,15-16,21-45H2,1-2H3/b13-11-,14-12-,19-17-,20-18-/t46-,47+. The van der Waals surface area contributed by atoms with Crippen LogP contribution in [0.2, 0.25) is 0 Å². The minimum atomic E-state index is -0.245. The summed E-state index contributed by atoms with van der Waals surface area (Å²) in [6.07, 6.45) is 44.9. The van der Waals surface area contributed by atoms with Gasteiger partial charge in [0.05, 0.1) is 19.6 Å². The summed E-state index contributed by atoms with van der Waals surface area (Å²) in [6.45, 7) is 6.90. The maximum atomic E-state index is 13.5. The Kier molecular flexibility index (Phi) is 37.4. The lowest BCUT2D eigenvalue weighted by atomic mass is 9.91. The lowest BCUT2D eigenvalue weighted by Crippen LogP contribution is -2.43. The zero-order valence-corrected chi connectivity index (χ0v) is 37.9. The van der Waals surface area contributed by atoms with Crippen LogP contribution in [-0.4, -0.2) is 97.0 Å². The highest BCUT2D eigenvalue weighted by Gasteiger charge is 2.33. The van der Waals surface area contributed by atoms with Gasteiger partial charge in [-0.1, -0.05) is 127 Å². The van der Waals surface area contributed by atoms with E-state index in [4.69, 9.17) is 9.47 Å². The van der Waals surface area contributed by atoms with E-state index in [-0.39, 0.29) is 75.7 Å². The fourth-order valence-electron chi connectivity index (χ4n) is 7.65. The molecule has 2 N–H and O–H groups in total. The monoisotopic (exact) mass is 829 g/mol. The Hall–Kier alpha value is -2.75. The van der Waals surface area contributed by atoms with Gasteiger partial charge in [-0.3, -0.25) is 19.3 Å². The molecule has 0 aromatic rings. The molecule has 59 heavy (non-hydrogen) atoms. The van der Waals surface area contributed by atoms with Crippen LogP contribution in [-0.2, 0) is 23.9 Å². The summed E-state index contributed by atoms with van der Waals surface area (Å²) in [7, 11) is 0. The van der Waals surface area contributed by atoms with Crippen LogP contribution in [0.4, 0.5) is 0 Å². The van der Waals surface area contributed by atoms with Crippen molar-refractivity contribution in [1.82, 2.24) is 9.80 Å². The summed E-state index contributed by atoms with van der Waals surface area (Å²) in [5.74, 6) is -0.125. The van der Waals surface area contributed by atoms with Gasteiger partial charge in [-0.05, 0) is 102 Å².